The summed E-state index contributed by atoms with van der Waals surface area (Å²) >= 11 is 0. The smallest absolute Gasteiger partial charge is 0.418 e. The lowest BCUT2D eigenvalue weighted by Crippen LogP contribution is -2.27. The molecule has 0 bridgehead atoms. The van der Waals surface area contributed by atoms with E-state index in [0.29, 0.717) is 0 Å². The Balaban J connectivity index is 1.88. The number of carbonyl (C=O) groups excluding carboxylic acids is 2. The topological polar surface area (TPSA) is 62.5 Å². The van der Waals surface area contributed by atoms with Crippen molar-refractivity contribution in [2.24, 2.45) is 0 Å². The van der Waals surface area contributed by atoms with Crippen LogP contribution < -0.4 is 0 Å². The van der Waals surface area contributed by atoms with E-state index in [9.17, 15) is 9.59 Å². The molecule has 0 saturated heterocycles. The van der Waals surface area contributed by atoms with Crippen LogP contribution in [-0.4, -0.2) is 32.5 Å². The first-order valence-corrected chi connectivity index (χ1v) is 12.9. The number of nitrogens with zero attached hydrogens (tertiary/aromatic N) is 2. The van der Waals surface area contributed by atoms with Gasteiger partial charge in [-0.3, -0.25) is 9.13 Å². The van der Waals surface area contributed by atoms with Gasteiger partial charge in [0.25, 0.3) is 0 Å². The van der Waals surface area contributed by atoms with E-state index in [2.05, 4.69) is 6.07 Å². The van der Waals surface area contributed by atoms with Crippen LogP contribution in [0.3, 0.4) is 0 Å². The highest BCUT2D eigenvalue weighted by Crippen LogP contribution is 2.23. The van der Waals surface area contributed by atoms with Gasteiger partial charge in [-0.25, -0.2) is 9.59 Å². The van der Waals surface area contributed by atoms with Crippen LogP contribution in [0.5, 0.6) is 0 Å². The molecule has 3 rings (SSSR count). The Hall–Kier alpha value is -3.80. The molecule has 0 aliphatic rings. The second kappa shape index (κ2) is 10.9. The van der Waals surface area contributed by atoms with Crippen molar-refractivity contribution >= 4 is 36.5 Å². The van der Waals surface area contributed by atoms with E-state index in [0.717, 1.165) is 44.8 Å². The third-order valence-electron chi connectivity index (χ3n) is 6.07. The largest absolute Gasteiger partial charge is 0.443 e. The van der Waals surface area contributed by atoms with E-state index >= 15 is 0 Å². The summed E-state index contributed by atoms with van der Waals surface area (Å²) in [6.45, 7) is 19.1. The van der Waals surface area contributed by atoms with Crippen molar-refractivity contribution in [2.75, 3.05) is 0 Å². The second-order valence-corrected chi connectivity index (χ2v) is 11.7. The lowest BCUT2D eigenvalue weighted by Gasteiger charge is -2.20. The van der Waals surface area contributed by atoms with E-state index in [-0.39, 0.29) is 0 Å². The lowest BCUT2D eigenvalue weighted by molar-refractivity contribution is 0.0525. The molecule has 2 aromatic heterocycles. The van der Waals surface area contributed by atoms with Gasteiger partial charge in [-0.05, 0) is 121 Å². The summed E-state index contributed by atoms with van der Waals surface area (Å²) in [6.07, 6.45) is 10.7. The first-order valence-electron chi connectivity index (χ1n) is 12.9. The van der Waals surface area contributed by atoms with Crippen LogP contribution in [0.4, 0.5) is 9.59 Å². The number of aryl methyl sites for hydroxylation is 2. The summed E-state index contributed by atoms with van der Waals surface area (Å²) in [6, 6.07) is 8.05. The molecule has 1 aromatic carbocycles. The van der Waals surface area contributed by atoms with Crippen LogP contribution in [-0.2, 0) is 9.47 Å². The Morgan fingerprint density at radius 3 is 1.37 bits per heavy atom. The Kier molecular flexibility index (Phi) is 8.25. The van der Waals surface area contributed by atoms with Gasteiger partial charge in [0, 0.05) is 12.4 Å². The molecule has 38 heavy (non-hydrogen) atoms. The van der Waals surface area contributed by atoms with E-state index in [1.54, 1.807) is 9.13 Å². The summed E-state index contributed by atoms with van der Waals surface area (Å²) in [7, 11) is 0. The second-order valence-electron chi connectivity index (χ2n) is 11.7. The van der Waals surface area contributed by atoms with Crippen LogP contribution in [0.15, 0.2) is 36.7 Å². The van der Waals surface area contributed by atoms with Crippen molar-refractivity contribution in [3.05, 3.63) is 81.4 Å². The number of carbonyl (C=O) groups is 2. The molecule has 202 valence electrons. The van der Waals surface area contributed by atoms with Gasteiger partial charge < -0.3 is 9.47 Å². The van der Waals surface area contributed by atoms with Gasteiger partial charge in [0.2, 0.25) is 0 Å². The molecule has 0 aliphatic carbocycles. The molecule has 6 heteroatoms. The van der Waals surface area contributed by atoms with Crippen molar-refractivity contribution in [2.45, 2.75) is 80.4 Å². The predicted molar refractivity (Wildman–Crippen MR) is 155 cm³/mol. The highest BCUT2D eigenvalue weighted by Gasteiger charge is 2.22. The molecule has 2 heterocycles. The monoisotopic (exact) mass is 516 g/mol. The third-order valence-corrected chi connectivity index (χ3v) is 6.07. The number of rotatable bonds is 4. The standard InChI is InChI=1S/C32H40N2O4/c1-21-19-33(29(35)37-31(5,6)7)27(23(21)3)16-14-25-12-11-13-26(18-25)15-17-28-24(4)22(2)20-34(28)30(36)38-32(8,9)10/h11-20H,1-10H3/b16-14+,17-15+. The maximum Gasteiger partial charge on any atom is 0.418 e. The molecule has 0 amide bonds. The van der Waals surface area contributed by atoms with Gasteiger partial charge in [-0.1, -0.05) is 30.4 Å². The molecular weight excluding hydrogens is 476 g/mol. The summed E-state index contributed by atoms with van der Waals surface area (Å²) in [5, 5.41) is 0. The van der Waals surface area contributed by atoms with Crippen LogP contribution in [0.25, 0.3) is 24.3 Å². The molecule has 0 spiro atoms. The summed E-state index contributed by atoms with van der Waals surface area (Å²) < 4.78 is 14.3. The number of hydrogen-bond donors (Lipinski definition) is 0. The molecule has 0 N–H and O–H groups in total. The summed E-state index contributed by atoms with van der Waals surface area (Å²) in [5.74, 6) is 0. The SMILES string of the molecule is Cc1cn(C(=O)OC(C)(C)C)c(/C=C/c2cccc(/C=C/c3c(C)c(C)cn3C(=O)OC(C)(C)C)c2)c1C. The van der Waals surface area contributed by atoms with Gasteiger partial charge in [0.1, 0.15) is 11.2 Å². The zero-order chi connectivity index (χ0) is 28.4. The fourth-order valence-corrected chi connectivity index (χ4v) is 3.94. The zero-order valence-electron chi connectivity index (χ0n) is 24.3. The first-order chi connectivity index (χ1) is 17.6. The Morgan fingerprint density at radius 1 is 0.658 bits per heavy atom. The van der Waals surface area contributed by atoms with E-state index < -0.39 is 23.4 Å². The zero-order valence-corrected chi connectivity index (χ0v) is 24.3. The maximum atomic E-state index is 12.8. The fraction of sp³-hybridized carbons (Fsp3) is 0.375. The average Bonchev–Trinajstić information content (AvgIpc) is 3.24. The van der Waals surface area contributed by atoms with Crippen molar-refractivity contribution < 1.29 is 19.1 Å². The Morgan fingerprint density at radius 2 is 1.03 bits per heavy atom. The molecule has 0 radical (unpaired) electrons. The summed E-state index contributed by atoms with van der Waals surface area (Å²) in [5.41, 5.74) is 6.48. The van der Waals surface area contributed by atoms with Crippen molar-refractivity contribution in [1.29, 1.82) is 0 Å². The molecular formula is C32H40N2O4. The lowest BCUT2D eigenvalue weighted by atomic mass is 10.1. The number of hydrogen-bond acceptors (Lipinski definition) is 4. The van der Waals surface area contributed by atoms with Gasteiger partial charge in [0.05, 0.1) is 11.4 Å². The Labute approximate surface area is 226 Å². The maximum absolute atomic E-state index is 12.8. The molecule has 3 aromatic rings. The highest BCUT2D eigenvalue weighted by atomic mass is 16.6. The summed E-state index contributed by atoms with van der Waals surface area (Å²) in [4.78, 5) is 25.6. The quantitative estimate of drug-likeness (QED) is 0.349. The van der Waals surface area contributed by atoms with Gasteiger partial charge in [-0.2, -0.15) is 0 Å². The molecule has 0 aliphatic heterocycles. The minimum absolute atomic E-state index is 0.399. The molecule has 0 saturated carbocycles. The van der Waals surface area contributed by atoms with E-state index in [1.165, 1.54) is 0 Å². The van der Waals surface area contributed by atoms with Crippen LogP contribution in [0.2, 0.25) is 0 Å². The minimum Gasteiger partial charge on any atom is -0.443 e. The van der Waals surface area contributed by atoms with Crippen LogP contribution in [0.1, 0.15) is 86.3 Å². The number of aromatic nitrogens is 2. The van der Waals surface area contributed by atoms with E-state index in [4.69, 9.17) is 9.47 Å². The van der Waals surface area contributed by atoms with Crippen molar-refractivity contribution in [3.8, 4) is 0 Å². The average molecular weight is 517 g/mol. The normalized spacial score (nSPS) is 12.5. The minimum atomic E-state index is -0.578. The molecule has 0 unspecified atom stereocenters. The number of ether oxygens (including phenoxy) is 2. The third kappa shape index (κ3) is 7.15. The fourth-order valence-electron chi connectivity index (χ4n) is 3.94. The first kappa shape index (κ1) is 28.8. The Bertz CT molecular complexity index is 1300. The van der Waals surface area contributed by atoms with Crippen molar-refractivity contribution in [1.82, 2.24) is 9.13 Å². The van der Waals surface area contributed by atoms with Gasteiger partial charge >= 0.3 is 12.2 Å². The van der Waals surface area contributed by atoms with Gasteiger partial charge in [-0.15, -0.1) is 0 Å². The van der Waals surface area contributed by atoms with E-state index in [1.807, 2.05) is 124 Å². The highest BCUT2D eigenvalue weighted by molar-refractivity contribution is 5.82. The number of benzene rings is 1. The molecule has 6 nitrogen and oxygen atoms in total. The molecule has 0 fully saturated rings. The van der Waals surface area contributed by atoms with Crippen molar-refractivity contribution in [3.63, 3.8) is 0 Å². The van der Waals surface area contributed by atoms with Crippen LogP contribution >= 0.6 is 0 Å². The van der Waals surface area contributed by atoms with Crippen LogP contribution in [0, 0.1) is 27.7 Å². The molecule has 0 atom stereocenters. The van der Waals surface area contributed by atoms with Gasteiger partial charge in [0.15, 0.2) is 0 Å². The predicted octanol–water partition coefficient (Wildman–Crippen LogP) is 8.43.